The van der Waals surface area contributed by atoms with Crippen molar-refractivity contribution in [3.63, 3.8) is 0 Å². The van der Waals surface area contributed by atoms with Crippen molar-refractivity contribution >= 4 is 0 Å². The molecule has 23 heavy (non-hydrogen) atoms. The molecule has 0 bridgehead atoms. The monoisotopic (exact) mass is 313 g/mol. The SMILES string of the molecule is CCCCCCCCCCCCn1ncc(-c2ccccc2)n1. The molecule has 126 valence electrons. The van der Waals surface area contributed by atoms with Gasteiger partial charge in [-0.05, 0) is 6.42 Å². The molecule has 0 N–H and O–H groups in total. The molecule has 0 atom stereocenters. The lowest BCUT2D eigenvalue weighted by Gasteiger charge is -2.02. The van der Waals surface area contributed by atoms with Crippen LogP contribution in [0.1, 0.15) is 71.1 Å². The minimum atomic E-state index is 0.934. The molecule has 2 rings (SSSR count). The van der Waals surface area contributed by atoms with Crippen LogP contribution in [0.2, 0.25) is 0 Å². The molecule has 3 heteroatoms. The van der Waals surface area contributed by atoms with Gasteiger partial charge in [0, 0.05) is 5.56 Å². The molecule has 0 unspecified atom stereocenters. The standard InChI is InChI=1S/C20H31N3/c1-2-3-4-5-6-7-8-9-10-14-17-23-21-18-20(22-23)19-15-12-11-13-16-19/h11-13,15-16,18H,2-10,14,17H2,1H3. The Hall–Kier alpha value is -1.64. The highest BCUT2D eigenvalue weighted by atomic mass is 15.5. The highest BCUT2D eigenvalue weighted by Gasteiger charge is 2.02. The van der Waals surface area contributed by atoms with Crippen LogP contribution in [0.4, 0.5) is 0 Å². The van der Waals surface area contributed by atoms with Crippen LogP contribution in [-0.2, 0) is 6.54 Å². The lowest BCUT2D eigenvalue weighted by Crippen LogP contribution is -2.02. The van der Waals surface area contributed by atoms with Crippen LogP contribution >= 0.6 is 0 Å². The number of hydrogen-bond acceptors (Lipinski definition) is 2. The zero-order valence-corrected chi connectivity index (χ0v) is 14.6. The van der Waals surface area contributed by atoms with E-state index in [9.17, 15) is 0 Å². The first-order chi connectivity index (χ1) is 11.4. The van der Waals surface area contributed by atoms with Gasteiger partial charge in [0.2, 0.25) is 0 Å². The molecule has 0 spiro atoms. The van der Waals surface area contributed by atoms with E-state index in [1.165, 1.54) is 64.2 Å². The summed E-state index contributed by atoms with van der Waals surface area (Å²) >= 11 is 0. The Balaban J connectivity index is 1.53. The van der Waals surface area contributed by atoms with E-state index >= 15 is 0 Å². The van der Waals surface area contributed by atoms with Crippen molar-refractivity contribution in [2.24, 2.45) is 0 Å². The molecule has 0 aliphatic carbocycles. The average Bonchev–Trinajstić information content (AvgIpc) is 3.06. The van der Waals surface area contributed by atoms with Gasteiger partial charge in [-0.15, -0.1) is 0 Å². The van der Waals surface area contributed by atoms with E-state index in [0.29, 0.717) is 0 Å². The molecule has 3 nitrogen and oxygen atoms in total. The second-order valence-electron chi connectivity index (χ2n) is 6.37. The third-order valence-corrected chi connectivity index (χ3v) is 4.32. The summed E-state index contributed by atoms with van der Waals surface area (Å²) in [6.07, 6.45) is 15.5. The maximum Gasteiger partial charge on any atom is 0.113 e. The van der Waals surface area contributed by atoms with Gasteiger partial charge in [0.05, 0.1) is 12.7 Å². The fourth-order valence-electron chi connectivity index (χ4n) is 2.89. The Morgan fingerprint density at radius 1 is 0.783 bits per heavy atom. The molecule has 1 heterocycles. The van der Waals surface area contributed by atoms with E-state index in [2.05, 4.69) is 29.3 Å². The van der Waals surface area contributed by atoms with Gasteiger partial charge < -0.3 is 0 Å². The Labute approximate surface area is 141 Å². The molecular weight excluding hydrogens is 282 g/mol. The zero-order chi connectivity index (χ0) is 16.2. The fraction of sp³-hybridized carbons (Fsp3) is 0.600. The van der Waals surface area contributed by atoms with Crippen molar-refractivity contribution in [1.29, 1.82) is 0 Å². The van der Waals surface area contributed by atoms with Crippen molar-refractivity contribution in [3.05, 3.63) is 36.5 Å². The normalized spacial score (nSPS) is 11.0. The quantitative estimate of drug-likeness (QED) is 0.459. The van der Waals surface area contributed by atoms with Crippen LogP contribution in [0.15, 0.2) is 36.5 Å². The largest absolute Gasteiger partial charge is 0.184 e. The van der Waals surface area contributed by atoms with E-state index in [0.717, 1.165) is 17.8 Å². The molecule has 0 aliphatic rings. The number of unbranched alkanes of at least 4 members (excludes halogenated alkanes) is 9. The van der Waals surface area contributed by atoms with Gasteiger partial charge in [0.25, 0.3) is 0 Å². The minimum Gasteiger partial charge on any atom is -0.184 e. The van der Waals surface area contributed by atoms with Gasteiger partial charge in [-0.3, -0.25) is 0 Å². The number of nitrogens with zero attached hydrogens (tertiary/aromatic N) is 3. The molecule has 0 radical (unpaired) electrons. The van der Waals surface area contributed by atoms with Crippen molar-refractivity contribution in [1.82, 2.24) is 15.0 Å². The molecule has 1 aromatic heterocycles. The number of aryl methyl sites for hydroxylation is 1. The summed E-state index contributed by atoms with van der Waals surface area (Å²) in [7, 11) is 0. The smallest absolute Gasteiger partial charge is 0.113 e. The molecular formula is C20H31N3. The van der Waals surface area contributed by atoms with E-state index < -0.39 is 0 Å². The summed E-state index contributed by atoms with van der Waals surface area (Å²) in [5.74, 6) is 0. The van der Waals surface area contributed by atoms with Crippen LogP contribution in [0.25, 0.3) is 11.3 Å². The molecule has 0 saturated carbocycles. The summed E-state index contributed by atoms with van der Waals surface area (Å²) in [4.78, 5) is 1.84. The summed E-state index contributed by atoms with van der Waals surface area (Å²) in [6.45, 7) is 3.21. The van der Waals surface area contributed by atoms with Crippen LogP contribution in [0, 0.1) is 0 Å². The second kappa shape index (κ2) is 11.0. The predicted octanol–water partition coefficient (Wildman–Crippen LogP) is 5.87. The lowest BCUT2D eigenvalue weighted by atomic mass is 10.1. The molecule has 0 fully saturated rings. The second-order valence-corrected chi connectivity index (χ2v) is 6.37. The summed E-state index contributed by atoms with van der Waals surface area (Å²) in [5, 5.41) is 8.94. The van der Waals surface area contributed by atoms with E-state index in [-0.39, 0.29) is 0 Å². The fourth-order valence-corrected chi connectivity index (χ4v) is 2.89. The van der Waals surface area contributed by atoms with Crippen molar-refractivity contribution < 1.29 is 0 Å². The zero-order valence-electron chi connectivity index (χ0n) is 14.6. The van der Waals surface area contributed by atoms with Gasteiger partial charge in [0.1, 0.15) is 5.69 Å². The van der Waals surface area contributed by atoms with Gasteiger partial charge in [-0.1, -0.05) is 95.0 Å². The van der Waals surface area contributed by atoms with E-state index in [4.69, 9.17) is 0 Å². The highest BCUT2D eigenvalue weighted by Crippen LogP contribution is 2.15. The predicted molar refractivity (Wildman–Crippen MR) is 97.3 cm³/mol. The first-order valence-corrected chi connectivity index (χ1v) is 9.35. The number of hydrogen-bond donors (Lipinski definition) is 0. The topological polar surface area (TPSA) is 30.7 Å². The van der Waals surface area contributed by atoms with E-state index in [1.54, 1.807) is 0 Å². The molecule has 0 amide bonds. The van der Waals surface area contributed by atoms with Crippen molar-refractivity contribution in [3.8, 4) is 11.3 Å². The third kappa shape index (κ3) is 6.98. The lowest BCUT2D eigenvalue weighted by molar-refractivity contribution is 0.480. The first-order valence-electron chi connectivity index (χ1n) is 9.35. The minimum absolute atomic E-state index is 0.934. The summed E-state index contributed by atoms with van der Waals surface area (Å²) in [5.41, 5.74) is 2.11. The van der Waals surface area contributed by atoms with Crippen LogP contribution < -0.4 is 0 Å². The van der Waals surface area contributed by atoms with Gasteiger partial charge in [-0.2, -0.15) is 15.0 Å². The molecule has 0 saturated heterocycles. The van der Waals surface area contributed by atoms with Crippen LogP contribution in [-0.4, -0.2) is 15.0 Å². The Kier molecular flexibility index (Phi) is 8.46. The Morgan fingerprint density at radius 3 is 2.04 bits per heavy atom. The van der Waals surface area contributed by atoms with E-state index in [1.807, 2.05) is 29.2 Å². The molecule has 2 aromatic rings. The van der Waals surface area contributed by atoms with Crippen molar-refractivity contribution in [2.75, 3.05) is 0 Å². The summed E-state index contributed by atoms with van der Waals surface area (Å²) in [6, 6.07) is 10.3. The molecule has 0 aliphatic heterocycles. The number of benzene rings is 1. The Morgan fingerprint density at radius 2 is 1.39 bits per heavy atom. The number of aromatic nitrogens is 3. The number of rotatable bonds is 12. The van der Waals surface area contributed by atoms with Gasteiger partial charge in [0.15, 0.2) is 0 Å². The van der Waals surface area contributed by atoms with Gasteiger partial charge in [-0.25, -0.2) is 0 Å². The van der Waals surface area contributed by atoms with Crippen LogP contribution in [0.5, 0.6) is 0 Å². The molecule has 1 aromatic carbocycles. The summed E-state index contributed by atoms with van der Waals surface area (Å²) < 4.78 is 0. The average molecular weight is 313 g/mol. The Bertz CT molecular complexity index is 519. The van der Waals surface area contributed by atoms with Crippen LogP contribution in [0.3, 0.4) is 0 Å². The maximum absolute atomic E-state index is 4.56. The highest BCUT2D eigenvalue weighted by molar-refractivity contribution is 5.56. The van der Waals surface area contributed by atoms with Gasteiger partial charge >= 0.3 is 0 Å². The maximum atomic E-state index is 4.56. The third-order valence-electron chi connectivity index (χ3n) is 4.32. The van der Waals surface area contributed by atoms with Crippen molar-refractivity contribution in [2.45, 2.75) is 77.7 Å². The first kappa shape index (κ1) is 17.7.